The molecule has 0 unspecified atom stereocenters. The molecule has 1 heterocycles. The van der Waals surface area contributed by atoms with Crippen LogP contribution < -0.4 is 0 Å². The number of hydrogen-bond donors (Lipinski definition) is 1. The average molecular weight is 438 g/mol. The summed E-state index contributed by atoms with van der Waals surface area (Å²) in [6.07, 6.45) is 5.54. The monoisotopic (exact) mass is 437 g/mol. The summed E-state index contributed by atoms with van der Waals surface area (Å²) in [5, 5.41) is 10.9. The second kappa shape index (κ2) is 10.0. The van der Waals surface area contributed by atoms with Gasteiger partial charge in [0, 0.05) is 23.2 Å². The van der Waals surface area contributed by atoms with Crippen LogP contribution in [0.3, 0.4) is 0 Å². The molecular weight excluding hydrogens is 414 g/mol. The van der Waals surface area contributed by atoms with Crippen LogP contribution in [0.2, 0.25) is 0 Å². The van der Waals surface area contributed by atoms with Crippen LogP contribution in [0.1, 0.15) is 35.6 Å². The van der Waals surface area contributed by atoms with Gasteiger partial charge in [0.2, 0.25) is 0 Å². The number of nitrogens with zero attached hydrogens (tertiary/aromatic N) is 1. The Morgan fingerprint density at radius 2 is 1.53 bits per heavy atom. The third kappa shape index (κ3) is 4.93. The molecule has 0 aliphatic heterocycles. The fraction of sp³-hybridized carbons (Fsp3) is 0.0714. The summed E-state index contributed by atoms with van der Waals surface area (Å²) in [5.41, 5.74) is 9.02. The van der Waals surface area contributed by atoms with Crippen molar-refractivity contribution < 1.29 is 9.90 Å². The first kappa shape index (κ1) is 21.5. The SMILES string of the molecule is CC/C(=C(/c1ccc(/C=C/C(=O)O)cc1)c1ccc(-c2cnsc2)cc1)c1ccccc1. The highest BCUT2D eigenvalue weighted by molar-refractivity contribution is 7.03. The molecule has 4 aromatic rings. The molecule has 1 N–H and O–H groups in total. The Morgan fingerprint density at radius 1 is 0.875 bits per heavy atom. The zero-order chi connectivity index (χ0) is 22.3. The van der Waals surface area contributed by atoms with Crippen molar-refractivity contribution >= 4 is 34.7 Å². The van der Waals surface area contributed by atoms with E-state index in [1.807, 2.05) is 24.4 Å². The highest BCUT2D eigenvalue weighted by atomic mass is 32.1. The van der Waals surface area contributed by atoms with Gasteiger partial charge in [0.1, 0.15) is 0 Å². The molecule has 0 aliphatic carbocycles. The Hall–Kier alpha value is -3.76. The molecule has 4 rings (SSSR count). The molecule has 0 saturated heterocycles. The van der Waals surface area contributed by atoms with Gasteiger partial charge in [0.15, 0.2) is 0 Å². The topological polar surface area (TPSA) is 50.2 Å². The van der Waals surface area contributed by atoms with Crippen LogP contribution in [-0.2, 0) is 4.79 Å². The summed E-state index contributed by atoms with van der Waals surface area (Å²) in [5.74, 6) is -0.951. The Morgan fingerprint density at radius 3 is 2.09 bits per heavy atom. The molecular formula is C28H23NO2S. The minimum absolute atomic E-state index is 0.855. The Bertz CT molecular complexity index is 1240. The van der Waals surface area contributed by atoms with Gasteiger partial charge in [-0.05, 0) is 63.0 Å². The molecule has 4 heteroatoms. The van der Waals surface area contributed by atoms with Crippen LogP contribution in [0.15, 0.2) is 96.5 Å². The Labute approximate surface area is 192 Å². The number of allylic oxidation sites excluding steroid dienone is 1. The molecule has 0 aliphatic rings. The van der Waals surface area contributed by atoms with Crippen molar-refractivity contribution in [1.29, 1.82) is 0 Å². The summed E-state index contributed by atoms with van der Waals surface area (Å²) in [7, 11) is 0. The fourth-order valence-corrected chi connectivity index (χ4v) is 4.33. The number of hydrogen-bond acceptors (Lipinski definition) is 3. The van der Waals surface area contributed by atoms with Crippen LogP contribution in [0, 0.1) is 0 Å². The minimum Gasteiger partial charge on any atom is -0.478 e. The summed E-state index contributed by atoms with van der Waals surface area (Å²) < 4.78 is 4.21. The van der Waals surface area contributed by atoms with Gasteiger partial charge >= 0.3 is 5.97 Å². The van der Waals surface area contributed by atoms with Gasteiger partial charge in [-0.25, -0.2) is 9.17 Å². The van der Waals surface area contributed by atoms with E-state index in [0.717, 1.165) is 40.3 Å². The van der Waals surface area contributed by atoms with E-state index < -0.39 is 5.97 Å². The largest absolute Gasteiger partial charge is 0.478 e. The van der Waals surface area contributed by atoms with Crippen molar-refractivity contribution in [3.63, 3.8) is 0 Å². The molecule has 0 radical (unpaired) electrons. The number of carbonyl (C=O) groups is 1. The van der Waals surface area contributed by atoms with Gasteiger partial charge in [0.25, 0.3) is 0 Å². The lowest BCUT2D eigenvalue weighted by Crippen LogP contribution is -1.95. The molecule has 158 valence electrons. The molecule has 0 amide bonds. The van der Waals surface area contributed by atoms with Crippen molar-refractivity contribution in [2.45, 2.75) is 13.3 Å². The smallest absolute Gasteiger partial charge is 0.328 e. The maximum absolute atomic E-state index is 10.8. The first-order chi connectivity index (χ1) is 15.7. The van der Waals surface area contributed by atoms with Crippen LogP contribution in [0.5, 0.6) is 0 Å². The van der Waals surface area contributed by atoms with Crippen molar-refractivity contribution in [3.05, 3.63) is 119 Å². The average Bonchev–Trinajstić information content (AvgIpc) is 3.37. The van der Waals surface area contributed by atoms with E-state index in [1.165, 1.54) is 28.2 Å². The molecule has 0 atom stereocenters. The van der Waals surface area contributed by atoms with E-state index in [0.29, 0.717) is 0 Å². The van der Waals surface area contributed by atoms with Gasteiger partial charge in [-0.2, -0.15) is 0 Å². The summed E-state index contributed by atoms with van der Waals surface area (Å²) in [6, 6.07) is 27.1. The highest BCUT2D eigenvalue weighted by Gasteiger charge is 2.13. The van der Waals surface area contributed by atoms with Gasteiger partial charge in [-0.1, -0.05) is 85.8 Å². The number of carboxylic acid groups (broad SMARTS) is 1. The van der Waals surface area contributed by atoms with Crippen LogP contribution in [0.4, 0.5) is 0 Å². The van der Waals surface area contributed by atoms with E-state index in [-0.39, 0.29) is 0 Å². The van der Waals surface area contributed by atoms with Gasteiger partial charge in [0.05, 0.1) is 0 Å². The summed E-state index contributed by atoms with van der Waals surface area (Å²) >= 11 is 1.45. The minimum atomic E-state index is -0.951. The van der Waals surface area contributed by atoms with Gasteiger partial charge in [-0.15, -0.1) is 0 Å². The lowest BCUT2D eigenvalue weighted by Gasteiger charge is -2.17. The molecule has 32 heavy (non-hydrogen) atoms. The molecule has 3 nitrogen and oxygen atoms in total. The number of benzene rings is 3. The fourth-order valence-electron chi connectivity index (χ4n) is 3.78. The normalized spacial score (nSPS) is 12.0. The Balaban J connectivity index is 1.82. The maximum atomic E-state index is 10.8. The number of aromatic nitrogens is 1. The van der Waals surface area contributed by atoms with Gasteiger partial charge < -0.3 is 5.11 Å². The van der Waals surface area contributed by atoms with Crippen LogP contribution >= 0.6 is 11.5 Å². The van der Waals surface area contributed by atoms with E-state index in [4.69, 9.17) is 5.11 Å². The van der Waals surface area contributed by atoms with Crippen molar-refractivity contribution in [3.8, 4) is 11.1 Å². The first-order valence-corrected chi connectivity index (χ1v) is 11.3. The van der Waals surface area contributed by atoms with Gasteiger partial charge in [-0.3, -0.25) is 0 Å². The maximum Gasteiger partial charge on any atom is 0.328 e. The van der Waals surface area contributed by atoms with Crippen molar-refractivity contribution in [2.24, 2.45) is 0 Å². The van der Waals surface area contributed by atoms with E-state index in [9.17, 15) is 4.79 Å². The molecule has 0 bridgehead atoms. The number of carboxylic acids is 1. The van der Waals surface area contributed by atoms with E-state index >= 15 is 0 Å². The van der Waals surface area contributed by atoms with Crippen molar-refractivity contribution in [2.75, 3.05) is 0 Å². The van der Waals surface area contributed by atoms with Crippen LogP contribution in [-0.4, -0.2) is 15.4 Å². The second-order valence-electron chi connectivity index (χ2n) is 7.36. The lowest BCUT2D eigenvalue weighted by molar-refractivity contribution is -0.131. The predicted molar refractivity (Wildman–Crippen MR) is 133 cm³/mol. The molecule has 0 spiro atoms. The first-order valence-electron chi connectivity index (χ1n) is 10.5. The quantitative estimate of drug-likeness (QED) is 0.244. The number of aliphatic carboxylic acids is 1. The summed E-state index contributed by atoms with van der Waals surface area (Å²) in [6.45, 7) is 2.18. The van der Waals surface area contributed by atoms with Crippen LogP contribution in [0.25, 0.3) is 28.3 Å². The predicted octanol–water partition coefficient (Wildman–Crippen LogP) is 7.28. The molecule has 0 fully saturated rings. The number of rotatable bonds is 7. The van der Waals surface area contributed by atoms with E-state index in [1.54, 1.807) is 6.08 Å². The lowest BCUT2D eigenvalue weighted by atomic mass is 9.87. The molecule has 0 saturated carbocycles. The zero-order valence-electron chi connectivity index (χ0n) is 17.7. The zero-order valence-corrected chi connectivity index (χ0v) is 18.5. The van der Waals surface area contributed by atoms with E-state index in [2.05, 4.69) is 77.3 Å². The Kier molecular flexibility index (Phi) is 6.73. The summed E-state index contributed by atoms with van der Waals surface area (Å²) in [4.78, 5) is 10.8. The highest BCUT2D eigenvalue weighted by Crippen LogP contribution is 2.35. The standard InChI is InChI=1S/C28H23NO2S/c1-2-26(22-6-4-3-5-7-22)28(23-11-8-20(9-12-23)10-17-27(30)31)24-15-13-21(14-16-24)25-18-29-32-19-25/h3-19H,2H2,1H3,(H,30,31)/b17-10+,28-26+. The molecule has 3 aromatic carbocycles. The molecule has 1 aromatic heterocycles. The third-order valence-corrected chi connectivity index (χ3v) is 5.92. The third-order valence-electron chi connectivity index (χ3n) is 5.33. The van der Waals surface area contributed by atoms with Crippen molar-refractivity contribution in [1.82, 2.24) is 4.37 Å². The second-order valence-corrected chi connectivity index (χ2v) is 8.01.